The third-order valence-corrected chi connectivity index (χ3v) is 4.73. The second kappa shape index (κ2) is 6.28. The summed E-state index contributed by atoms with van der Waals surface area (Å²) >= 11 is 3.53. The van der Waals surface area contributed by atoms with Crippen LogP contribution in [-0.4, -0.2) is 20.6 Å². The first-order chi connectivity index (χ1) is 9.74. The topological polar surface area (TPSA) is 75.3 Å². The molecule has 21 heavy (non-hydrogen) atoms. The summed E-state index contributed by atoms with van der Waals surface area (Å²) in [5.74, 6) is -1.06. The molecule has 0 unspecified atom stereocenters. The molecule has 5 nitrogen and oxygen atoms in total. The van der Waals surface area contributed by atoms with Crippen molar-refractivity contribution in [3.05, 3.63) is 43.9 Å². The fourth-order valence-electron chi connectivity index (χ4n) is 1.51. The van der Waals surface area contributed by atoms with Crippen LogP contribution in [0.3, 0.4) is 0 Å². The van der Waals surface area contributed by atoms with Gasteiger partial charge in [-0.25, -0.2) is 12.8 Å². The van der Waals surface area contributed by atoms with E-state index in [0.717, 1.165) is 15.2 Å². The molecule has 0 bridgehead atoms. The van der Waals surface area contributed by atoms with E-state index < -0.39 is 15.8 Å². The minimum absolute atomic E-state index is 0.213. The number of benzene rings is 1. The molecule has 2 aromatic rings. The van der Waals surface area contributed by atoms with Gasteiger partial charge in [0.25, 0.3) is 5.91 Å². The number of halogens is 2. The van der Waals surface area contributed by atoms with Crippen molar-refractivity contribution in [1.82, 2.24) is 0 Å². The van der Waals surface area contributed by atoms with Gasteiger partial charge in [0.1, 0.15) is 5.82 Å². The van der Waals surface area contributed by atoms with E-state index in [2.05, 4.69) is 32.6 Å². The van der Waals surface area contributed by atoms with Crippen molar-refractivity contribution in [3.63, 3.8) is 0 Å². The highest BCUT2D eigenvalue weighted by Crippen LogP contribution is 2.22. The van der Waals surface area contributed by atoms with Crippen LogP contribution in [0.4, 0.5) is 15.8 Å². The van der Waals surface area contributed by atoms with E-state index in [9.17, 15) is 17.6 Å². The van der Waals surface area contributed by atoms with E-state index in [1.54, 1.807) is 11.4 Å². The van der Waals surface area contributed by atoms with Crippen LogP contribution in [0.5, 0.6) is 0 Å². The Morgan fingerprint density at radius 3 is 2.62 bits per heavy atom. The molecule has 0 atom stereocenters. The monoisotopic (exact) mass is 440 g/mol. The molecule has 0 aliphatic heterocycles. The Hall–Kier alpha value is -1.20. The van der Waals surface area contributed by atoms with Crippen molar-refractivity contribution in [2.24, 2.45) is 0 Å². The van der Waals surface area contributed by atoms with E-state index in [4.69, 9.17) is 0 Å². The molecule has 112 valence electrons. The molecule has 0 saturated heterocycles. The first-order valence-corrected chi connectivity index (χ1v) is 9.42. The molecule has 0 fully saturated rings. The number of carbonyl (C=O) groups is 1. The Kier molecular flexibility index (Phi) is 4.84. The van der Waals surface area contributed by atoms with Gasteiger partial charge in [-0.05, 0) is 46.9 Å². The summed E-state index contributed by atoms with van der Waals surface area (Å²) in [6, 6.07) is 5.39. The second-order valence-electron chi connectivity index (χ2n) is 4.16. The fraction of sp³-hybridized carbons (Fsp3) is 0.0833. The Labute approximate surface area is 138 Å². The number of amides is 1. The highest BCUT2D eigenvalue weighted by molar-refractivity contribution is 14.1. The summed E-state index contributed by atoms with van der Waals surface area (Å²) in [6.45, 7) is 0. The highest BCUT2D eigenvalue weighted by Gasteiger charge is 2.12. The van der Waals surface area contributed by atoms with Gasteiger partial charge < -0.3 is 5.32 Å². The first kappa shape index (κ1) is 16.2. The van der Waals surface area contributed by atoms with Crippen molar-refractivity contribution in [2.45, 2.75) is 0 Å². The maximum absolute atomic E-state index is 13.5. The van der Waals surface area contributed by atoms with Crippen molar-refractivity contribution in [2.75, 3.05) is 16.3 Å². The number of nitrogens with one attached hydrogen (secondary N) is 2. The van der Waals surface area contributed by atoms with Gasteiger partial charge in [0.2, 0.25) is 10.0 Å². The van der Waals surface area contributed by atoms with Crippen LogP contribution in [0.15, 0.2) is 29.6 Å². The molecule has 1 aromatic heterocycles. The summed E-state index contributed by atoms with van der Waals surface area (Å²) in [7, 11) is -3.60. The molecular weight excluding hydrogens is 430 g/mol. The predicted octanol–water partition coefficient (Wildman–Crippen LogP) is 3.12. The lowest BCUT2D eigenvalue weighted by Crippen LogP contribution is -2.13. The SMILES string of the molecule is CS(=O)(=O)Nc1cc(NC(=O)c2csc(I)c2)ccc1F. The normalized spacial score (nSPS) is 11.2. The molecule has 2 rings (SSSR count). The van der Waals surface area contributed by atoms with Crippen molar-refractivity contribution >= 4 is 61.2 Å². The van der Waals surface area contributed by atoms with Crippen molar-refractivity contribution < 1.29 is 17.6 Å². The Morgan fingerprint density at radius 2 is 2.05 bits per heavy atom. The molecule has 0 aliphatic carbocycles. The van der Waals surface area contributed by atoms with Crippen LogP contribution in [0.2, 0.25) is 0 Å². The number of carbonyl (C=O) groups excluding carboxylic acids is 1. The van der Waals surface area contributed by atoms with Crippen LogP contribution in [0, 0.1) is 8.70 Å². The van der Waals surface area contributed by atoms with Gasteiger partial charge in [0, 0.05) is 11.1 Å². The Bertz CT molecular complexity index is 790. The maximum Gasteiger partial charge on any atom is 0.256 e. The van der Waals surface area contributed by atoms with Gasteiger partial charge in [-0.15, -0.1) is 11.3 Å². The standard InChI is InChI=1S/C12H10FIN2O3S2/c1-21(18,19)16-10-5-8(2-3-9(10)13)15-12(17)7-4-11(14)20-6-7/h2-6,16H,1H3,(H,15,17). The van der Waals surface area contributed by atoms with Crippen LogP contribution >= 0.6 is 33.9 Å². The number of sulfonamides is 1. The Balaban J connectivity index is 2.21. The van der Waals surface area contributed by atoms with Gasteiger partial charge >= 0.3 is 0 Å². The maximum atomic E-state index is 13.5. The zero-order valence-electron chi connectivity index (χ0n) is 10.7. The van der Waals surface area contributed by atoms with Gasteiger partial charge in [-0.2, -0.15) is 0 Å². The number of rotatable bonds is 4. The van der Waals surface area contributed by atoms with Crippen LogP contribution in [-0.2, 0) is 10.0 Å². The van der Waals surface area contributed by atoms with E-state index in [0.29, 0.717) is 11.3 Å². The molecule has 0 saturated carbocycles. The molecule has 0 radical (unpaired) electrons. The van der Waals surface area contributed by atoms with E-state index in [-0.39, 0.29) is 11.6 Å². The zero-order chi connectivity index (χ0) is 15.6. The molecule has 0 aliphatic rings. The van der Waals surface area contributed by atoms with Crippen molar-refractivity contribution in [3.8, 4) is 0 Å². The third kappa shape index (κ3) is 4.64. The number of anilines is 2. The second-order valence-corrected chi connectivity index (χ2v) is 8.72. The zero-order valence-corrected chi connectivity index (χ0v) is 14.5. The highest BCUT2D eigenvalue weighted by atomic mass is 127. The predicted molar refractivity (Wildman–Crippen MR) is 89.9 cm³/mol. The van der Waals surface area contributed by atoms with E-state index in [1.165, 1.54) is 23.5 Å². The lowest BCUT2D eigenvalue weighted by Gasteiger charge is -2.09. The van der Waals surface area contributed by atoms with Gasteiger partial charge in [-0.3, -0.25) is 9.52 Å². The molecule has 1 amide bonds. The van der Waals surface area contributed by atoms with E-state index in [1.807, 2.05) is 0 Å². The minimum atomic E-state index is -3.60. The summed E-state index contributed by atoms with van der Waals surface area (Å²) in [6.07, 6.45) is 0.922. The van der Waals surface area contributed by atoms with Crippen LogP contribution < -0.4 is 10.0 Å². The minimum Gasteiger partial charge on any atom is -0.322 e. The molecule has 2 N–H and O–H groups in total. The van der Waals surface area contributed by atoms with Crippen LogP contribution in [0.25, 0.3) is 0 Å². The average Bonchev–Trinajstić information content (AvgIpc) is 2.78. The molecule has 1 heterocycles. The summed E-state index contributed by atoms with van der Waals surface area (Å²) in [5, 5.41) is 4.29. The van der Waals surface area contributed by atoms with Gasteiger partial charge in [-0.1, -0.05) is 0 Å². The third-order valence-electron chi connectivity index (χ3n) is 2.35. The Morgan fingerprint density at radius 1 is 1.33 bits per heavy atom. The first-order valence-electron chi connectivity index (χ1n) is 5.57. The average molecular weight is 440 g/mol. The largest absolute Gasteiger partial charge is 0.322 e. The van der Waals surface area contributed by atoms with Crippen LogP contribution in [0.1, 0.15) is 10.4 Å². The molecule has 9 heteroatoms. The van der Waals surface area contributed by atoms with Gasteiger partial charge in [0.05, 0.1) is 20.4 Å². The number of hydrogen-bond acceptors (Lipinski definition) is 4. The molecule has 0 spiro atoms. The number of thiophene rings is 1. The number of hydrogen-bond donors (Lipinski definition) is 2. The smallest absolute Gasteiger partial charge is 0.256 e. The molecular formula is C12H10FIN2O3S2. The summed E-state index contributed by atoms with van der Waals surface area (Å²) in [4.78, 5) is 12.0. The lowest BCUT2D eigenvalue weighted by molar-refractivity contribution is 0.102. The quantitative estimate of drug-likeness (QED) is 0.718. The van der Waals surface area contributed by atoms with Crippen molar-refractivity contribution in [1.29, 1.82) is 0 Å². The summed E-state index contributed by atoms with van der Waals surface area (Å²) in [5.41, 5.74) is 0.579. The van der Waals surface area contributed by atoms with E-state index >= 15 is 0 Å². The lowest BCUT2D eigenvalue weighted by atomic mass is 10.2. The van der Waals surface area contributed by atoms with Gasteiger partial charge in [0.15, 0.2) is 0 Å². The summed E-state index contributed by atoms with van der Waals surface area (Å²) < 4.78 is 38.8. The molecule has 1 aromatic carbocycles. The fourth-order valence-corrected chi connectivity index (χ4v) is 3.40.